The molecule has 4 rings (SSSR count). The summed E-state index contributed by atoms with van der Waals surface area (Å²) in [5.74, 6) is 2.80. The largest absolute Gasteiger partial charge is 0.393 e. The highest BCUT2D eigenvalue weighted by molar-refractivity contribution is 5.25. The van der Waals surface area contributed by atoms with Crippen molar-refractivity contribution < 1.29 is 15.3 Å². The summed E-state index contributed by atoms with van der Waals surface area (Å²) >= 11 is 0. The van der Waals surface area contributed by atoms with Gasteiger partial charge in [0, 0.05) is 0 Å². The SMILES string of the molecule is CC(C)CC[C@@H](O)[C@](C)(O)[C@H]1CC[C@H]2[C@@H]3CC=C4CC(O)CC[C@]4(C)[C@H]3CC[C@]12C. The lowest BCUT2D eigenvalue weighted by molar-refractivity contribution is -0.151. The Morgan fingerprint density at radius 2 is 1.80 bits per heavy atom. The monoisotopic (exact) mass is 418 g/mol. The van der Waals surface area contributed by atoms with Gasteiger partial charge in [-0.25, -0.2) is 0 Å². The molecule has 3 nitrogen and oxygen atoms in total. The predicted molar refractivity (Wildman–Crippen MR) is 122 cm³/mol. The van der Waals surface area contributed by atoms with E-state index in [1.54, 1.807) is 0 Å². The van der Waals surface area contributed by atoms with Crippen LogP contribution in [0.15, 0.2) is 11.6 Å². The lowest BCUT2D eigenvalue weighted by Crippen LogP contribution is -2.55. The molecule has 0 bridgehead atoms. The molecule has 0 spiro atoms. The summed E-state index contributed by atoms with van der Waals surface area (Å²) in [5, 5.41) is 32.7. The summed E-state index contributed by atoms with van der Waals surface area (Å²) in [6.45, 7) is 11.2. The maximum atomic E-state index is 11.6. The van der Waals surface area contributed by atoms with Crippen molar-refractivity contribution in [2.75, 3.05) is 0 Å². The van der Waals surface area contributed by atoms with Gasteiger partial charge in [-0.3, -0.25) is 0 Å². The first-order valence-corrected chi connectivity index (χ1v) is 12.8. The van der Waals surface area contributed by atoms with Gasteiger partial charge < -0.3 is 15.3 Å². The van der Waals surface area contributed by atoms with Crippen LogP contribution in [-0.2, 0) is 0 Å². The summed E-state index contributed by atoms with van der Waals surface area (Å²) in [7, 11) is 0. The van der Waals surface area contributed by atoms with Gasteiger partial charge in [0.15, 0.2) is 0 Å². The van der Waals surface area contributed by atoms with Gasteiger partial charge in [0.2, 0.25) is 0 Å². The third kappa shape index (κ3) is 3.52. The number of hydrogen-bond donors (Lipinski definition) is 3. The first-order valence-electron chi connectivity index (χ1n) is 12.8. The third-order valence-corrected chi connectivity index (χ3v) is 10.5. The topological polar surface area (TPSA) is 60.7 Å². The highest BCUT2D eigenvalue weighted by atomic mass is 16.3. The Bertz CT molecular complexity index is 667. The molecule has 172 valence electrons. The summed E-state index contributed by atoms with van der Waals surface area (Å²) in [6.07, 6.45) is 12.1. The number of allylic oxidation sites excluding steroid dienone is 1. The Morgan fingerprint density at radius 1 is 1.07 bits per heavy atom. The molecule has 0 aromatic rings. The molecule has 4 aliphatic rings. The van der Waals surface area contributed by atoms with E-state index in [1.165, 1.54) is 24.8 Å². The van der Waals surface area contributed by atoms with E-state index in [1.807, 2.05) is 6.92 Å². The van der Waals surface area contributed by atoms with E-state index in [2.05, 4.69) is 33.8 Å². The number of aliphatic hydroxyl groups excluding tert-OH is 2. The molecule has 9 atom stereocenters. The second kappa shape index (κ2) is 7.89. The average Bonchev–Trinajstić information content (AvgIpc) is 3.04. The number of aliphatic hydroxyl groups is 3. The van der Waals surface area contributed by atoms with Gasteiger partial charge in [0.25, 0.3) is 0 Å². The first-order chi connectivity index (χ1) is 14.0. The maximum Gasteiger partial charge on any atom is 0.0910 e. The summed E-state index contributed by atoms with van der Waals surface area (Å²) in [5.41, 5.74) is 0.914. The minimum absolute atomic E-state index is 0.124. The molecule has 0 heterocycles. The van der Waals surface area contributed by atoms with Crippen LogP contribution in [0.1, 0.15) is 98.8 Å². The highest BCUT2D eigenvalue weighted by Gasteiger charge is 2.62. The second-order valence-corrected chi connectivity index (χ2v) is 12.5. The van der Waals surface area contributed by atoms with Gasteiger partial charge in [-0.05, 0) is 112 Å². The fraction of sp³-hybridized carbons (Fsp3) is 0.926. The first kappa shape index (κ1) is 22.8. The van der Waals surface area contributed by atoms with E-state index in [9.17, 15) is 15.3 Å². The second-order valence-electron chi connectivity index (χ2n) is 12.5. The molecular weight excluding hydrogens is 372 g/mol. The van der Waals surface area contributed by atoms with Crippen molar-refractivity contribution in [3.63, 3.8) is 0 Å². The number of rotatable bonds is 5. The van der Waals surface area contributed by atoms with Crippen LogP contribution in [0, 0.1) is 40.4 Å². The van der Waals surface area contributed by atoms with E-state index in [4.69, 9.17) is 0 Å². The van der Waals surface area contributed by atoms with E-state index in [-0.39, 0.29) is 22.9 Å². The fourth-order valence-corrected chi connectivity index (χ4v) is 8.62. The molecule has 1 unspecified atom stereocenters. The Labute approximate surface area is 184 Å². The standard InChI is InChI=1S/C27H46O3/c1-17(2)6-11-24(29)27(5,30)23-10-9-21-20-8-7-18-16-19(28)12-14-25(18,3)22(20)13-15-26(21,23)4/h7,17,19-24,28-30H,6,8-16H2,1-5H3/t19?,20-,21-,22-,23-,24+,25-,26-,27+/m0/s1. The Kier molecular flexibility index (Phi) is 5.99. The van der Waals surface area contributed by atoms with Crippen LogP contribution in [0.25, 0.3) is 0 Å². The highest BCUT2D eigenvalue weighted by Crippen LogP contribution is 2.67. The van der Waals surface area contributed by atoms with Gasteiger partial charge in [0.1, 0.15) is 0 Å². The van der Waals surface area contributed by atoms with Crippen LogP contribution in [0.2, 0.25) is 0 Å². The van der Waals surface area contributed by atoms with Crippen LogP contribution in [0.5, 0.6) is 0 Å². The normalized spacial score (nSPS) is 46.4. The Hall–Kier alpha value is -0.380. The van der Waals surface area contributed by atoms with E-state index in [0.717, 1.165) is 44.4 Å². The molecule has 3 fully saturated rings. The molecule has 30 heavy (non-hydrogen) atoms. The molecule has 3 heteroatoms. The summed E-state index contributed by atoms with van der Waals surface area (Å²) in [4.78, 5) is 0. The van der Waals surface area contributed by atoms with Crippen LogP contribution in [0.3, 0.4) is 0 Å². The third-order valence-electron chi connectivity index (χ3n) is 10.5. The smallest absolute Gasteiger partial charge is 0.0910 e. The lowest BCUT2D eigenvalue weighted by atomic mass is 9.46. The minimum Gasteiger partial charge on any atom is -0.393 e. The predicted octanol–water partition coefficient (Wildman–Crippen LogP) is 5.47. The van der Waals surface area contributed by atoms with E-state index in [0.29, 0.717) is 24.2 Å². The van der Waals surface area contributed by atoms with Gasteiger partial charge >= 0.3 is 0 Å². The summed E-state index contributed by atoms with van der Waals surface area (Å²) < 4.78 is 0. The van der Waals surface area contributed by atoms with Crippen molar-refractivity contribution in [3.05, 3.63) is 11.6 Å². The molecule has 0 aromatic carbocycles. The van der Waals surface area contributed by atoms with Gasteiger partial charge in [-0.2, -0.15) is 0 Å². The number of fused-ring (bicyclic) bond motifs is 5. The molecule has 0 radical (unpaired) electrons. The van der Waals surface area contributed by atoms with Crippen LogP contribution >= 0.6 is 0 Å². The number of hydrogen-bond acceptors (Lipinski definition) is 3. The molecule has 3 saturated carbocycles. The quantitative estimate of drug-likeness (QED) is 0.519. The van der Waals surface area contributed by atoms with Gasteiger partial charge in [-0.1, -0.05) is 39.3 Å². The van der Waals surface area contributed by atoms with Crippen molar-refractivity contribution in [1.82, 2.24) is 0 Å². The van der Waals surface area contributed by atoms with Crippen LogP contribution < -0.4 is 0 Å². The van der Waals surface area contributed by atoms with Crippen molar-refractivity contribution in [2.45, 2.75) is 117 Å². The van der Waals surface area contributed by atoms with Crippen molar-refractivity contribution in [2.24, 2.45) is 40.4 Å². The zero-order chi connectivity index (χ0) is 21.9. The molecule has 3 N–H and O–H groups in total. The molecular formula is C27H46O3. The van der Waals surface area contributed by atoms with Crippen molar-refractivity contribution in [3.8, 4) is 0 Å². The van der Waals surface area contributed by atoms with Crippen molar-refractivity contribution in [1.29, 1.82) is 0 Å². The Balaban J connectivity index is 1.55. The molecule has 0 aliphatic heterocycles. The van der Waals surface area contributed by atoms with E-state index >= 15 is 0 Å². The molecule has 0 amide bonds. The van der Waals surface area contributed by atoms with Gasteiger partial charge in [-0.15, -0.1) is 0 Å². The van der Waals surface area contributed by atoms with Crippen LogP contribution in [0.4, 0.5) is 0 Å². The Morgan fingerprint density at radius 3 is 2.50 bits per heavy atom. The summed E-state index contributed by atoms with van der Waals surface area (Å²) in [6, 6.07) is 0. The lowest BCUT2D eigenvalue weighted by Gasteiger charge is -2.59. The van der Waals surface area contributed by atoms with Gasteiger partial charge in [0.05, 0.1) is 17.8 Å². The zero-order valence-corrected chi connectivity index (χ0v) is 20.0. The average molecular weight is 419 g/mol. The molecule has 0 saturated heterocycles. The molecule has 0 aromatic heterocycles. The van der Waals surface area contributed by atoms with Crippen LogP contribution in [-0.4, -0.2) is 33.1 Å². The van der Waals surface area contributed by atoms with E-state index < -0.39 is 11.7 Å². The maximum absolute atomic E-state index is 11.6. The molecule has 4 aliphatic carbocycles. The minimum atomic E-state index is -1.00. The fourth-order valence-electron chi connectivity index (χ4n) is 8.62. The zero-order valence-electron chi connectivity index (χ0n) is 20.0. The van der Waals surface area contributed by atoms with Crippen molar-refractivity contribution >= 4 is 0 Å².